The standard InChI is InChI=1S/C14H17Cl2NO/c1-17-10-3-4-11(17)8-14(18,7-10)9-2-5-12(15)13(16)6-9/h2,5-6,10-11,18H,3-4,7-8H2,1H3. The monoisotopic (exact) mass is 285 g/mol. The SMILES string of the molecule is CN1C2CCC1CC(O)(c1ccc(Cl)c(Cl)c1)C2. The van der Waals surface area contributed by atoms with Crippen molar-refractivity contribution in [3.63, 3.8) is 0 Å². The van der Waals surface area contributed by atoms with Crippen molar-refractivity contribution >= 4 is 23.2 Å². The molecule has 1 N–H and O–H groups in total. The van der Waals surface area contributed by atoms with Crippen LogP contribution in [-0.2, 0) is 5.60 Å². The third-order valence-corrected chi connectivity index (χ3v) is 5.33. The van der Waals surface area contributed by atoms with Crippen LogP contribution >= 0.6 is 23.2 Å². The summed E-state index contributed by atoms with van der Waals surface area (Å²) in [4.78, 5) is 2.41. The van der Waals surface area contributed by atoms with E-state index in [2.05, 4.69) is 11.9 Å². The number of piperidine rings is 1. The molecule has 1 aromatic carbocycles. The summed E-state index contributed by atoms with van der Waals surface area (Å²) in [5.41, 5.74) is 0.161. The Morgan fingerprint density at radius 3 is 2.33 bits per heavy atom. The number of nitrogens with zero attached hydrogens (tertiary/aromatic N) is 1. The molecule has 2 bridgehead atoms. The average molecular weight is 286 g/mol. The van der Waals surface area contributed by atoms with E-state index < -0.39 is 5.60 Å². The maximum absolute atomic E-state index is 10.9. The van der Waals surface area contributed by atoms with Crippen molar-refractivity contribution in [2.75, 3.05) is 7.05 Å². The Labute approximate surface area is 117 Å². The van der Waals surface area contributed by atoms with Gasteiger partial charge in [-0.25, -0.2) is 0 Å². The van der Waals surface area contributed by atoms with Crippen LogP contribution in [0.5, 0.6) is 0 Å². The van der Waals surface area contributed by atoms with Gasteiger partial charge in [-0.1, -0.05) is 29.3 Å². The first kappa shape index (κ1) is 12.7. The predicted octanol–water partition coefficient (Wildman–Crippen LogP) is 3.44. The molecule has 2 atom stereocenters. The van der Waals surface area contributed by atoms with Gasteiger partial charge in [0.25, 0.3) is 0 Å². The normalized spacial score (nSPS) is 36.0. The van der Waals surface area contributed by atoms with Crippen LogP contribution in [0.25, 0.3) is 0 Å². The van der Waals surface area contributed by atoms with Gasteiger partial charge in [-0.05, 0) is 50.4 Å². The molecular weight excluding hydrogens is 269 g/mol. The second-order valence-electron chi connectivity index (χ2n) is 5.62. The molecule has 0 saturated carbocycles. The molecule has 2 saturated heterocycles. The fraction of sp³-hybridized carbons (Fsp3) is 0.571. The molecule has 0 aromatic heterocycles. The molecular formula is C14H17Cl2NO. The molecule has 0 radical (unpaired) electrons. The minimum Gasteiger partial charge on any atom is -0.385 e. The number of hydrogen-bond acceptors (Lipinski definition) is 2. The molecule has 2 fully saturated rings. The Kier molecular flexibility index (Phi) is 3.10. The molecule has 18 heavy (non-hydrogen) atoms. The van der Waals surface area contributed by atoms with Crippen molar-refractivity contribution in [2.45, 2.75) is 43.4 Å². The molecule has 2 heterocycles. The third kappa shape index (κ3) is 1.96. The number of aliphatic hydroxyl groups is 1. The van der Waals surface area contributed by atoms with Crippen molar-refractivity contribution in [3.8, 4) is 0 Å². The lowest BCUT2D eigenvalue weighted by atomic mass is 9.81. The molecule has 0 amide bonds. The zero-order valence-corrected chi connectivity index (χ0v) is 11.9. The molecule has 2 unspecified atom stereocenters. The van der Waals surface area contributed by atoms with E-state index in [-0.39, 0.29) is 0 Å². The largest absolute Gasteiger partial charge is 0.385 e. The van der Waals surface area contributed by atoms with Crippen molar-refractivity contribution in [1.29, 1.82) is 0 Å². The molecule has 1 aromatic rings. The molecule has 0 aliphatic carbocycles. The van der Waals surface area contributed by atoms with Crippen molar-refractivity contribution in [2.24, 2.45) is 0 Å². The van der Waals surface area contributed by atoms with Gasteiger partial charge in [0.15, 0.2) is 0 Å². The first-order valence-corrected chi connectivity index (χ1v) is 7.15. The lowest BCUT2D eigenvalue weighted by Gasteiger charge is -2.42. The molecule has 2 aliphatic rings. The maximum Gasteiger partial charge on any atom is 0.0926 e. The van der Waals surface area contributed by atoms with Gasteiger partial charge >= 0.3 is 0 Å². The minimum absolute atomic E-state index is 0.489. The highest BCUT2D eigenvalue weighted by Gasteiger charge is 2.46. The molecule has 2 nitrogen and oxygen atoms in total. The van der Waals surface area contributed by atoms with E-state index in [1.165, 1.54) is 12.8 Å². The summed E-state index contributed by atoms with van der Waals surface area (Å²) in [5, 5.41) is 12.0. The maximum atomic E-state index is 10.9. The summed E-state index contributed by atoms with van der Waals surface area (Å²) in [5.74, 6) is 0. The van der Waals surface area contributed by atoms with E-state index >= 15 is 0 Å². The lowest BCUT2D eigenvalue weighted by Crippen LogP contribution is -2.47. The van der Waals surface area contributed by atoms with E-state index in [9.17, 15) is 5.11 Å². The average Bonchev–Trinajstić information content (AvgIpc) is 2.57. The summed E-state index contributed by atoms with van der Waals surface area (Å²) in [6.07, 6.45) is 3.95. The minimum atomic E-state index is -0.743. The van der Waals surface area contributed by atoms with Crippen LogP contribution in [0.3, 0.4) is 0 Å². The van der Waals surface area contributed by atoms with Gasteiger partial charge in [0.1, 0.15) is 0 Å². The Morgan fingerprint density at radius 1 is 1.17 bits per heavy atom. The zero-order valence-electron chi connectivity index (χ0n) is 10.4. The van der Waals surface area contributed by atoms with E-state index in [1.807, 2.05) is 12.1 Å². The quantitative estimate of drug-likeness (QED) is 0.855. The molecule has 2 aliphatic heterocycles. The van der Waals surface area contributed by atoms with Crippen LogP contribution in [0.2, 0.25) is 10.0 Å². The van der Waals surface area contributed by atoms with Gasteiger partial charge in [0.2, 0.25) is 0 Å². The first-order chi connectivity index (χ1) is 8.49. The summed E-state index contributed by atoms with van der Waals surface area (Å²) in [6.45, 7) is 0. The van der Waals surface area contributed by atoms with Gasteiger partial charge in [-0.3, -0.25) is 0 Å². The summed E-state index contributed by atoms with van der Waals surface area (Å²) >= 11 is 12.0. The molecule has 4 heteroatoms. The van der Waals surface area contributed by atoms with E-state index in [1.54, 1.807) is 6.07 Å². The highest BCUT2D eigenvalue weighted by molar-refractivity contribution is 6.42. The number of hydrogen-bond donors (Lipinski definition) is 1. The van der Waals surface area contributed by atoms with Gasteiger partial charge in [0.05, 0.1) is 15.6 Å². The fourth-order valence-corrected chi connectivity index (χ4v) is 3.76. The van der Waals surface area contributed by atoms with Crippen molar-refractivity contribution < 1.29 is 5.11 Å². The topological polar surface area (TPSA) is 23.5 Å². The molecule has 0 spiro atoms. The first-order valence-electron chi connectivity index (χ1n) is 6.39. The Balaban J connectivity index is 1.93. The Bertz CT molecular complexity index is 463. The van der Waals surface area contributed by atoms with Crippen LogP contribution in [0.4, 0.5) is 0 Å². The number of benzene rings is 1. The highest BCUT2D eigenvalue weighted by atomic mass is 35.5. The van der Waals surface area contributed by atoms with Crippen LogP contribution in [-0.4, -0.2) is 29.1 Å². The number of rotatable bonds is 1. The van der Waals surface area contributed by atoms with Gasteiger partial charge in [-0.2, -0.15) is 0 Å². The number of fused-ring (bicyclic) bond motifs is 2. The Morgan fingerprint density at radius 2 is 1.78 bits per heavy atom. The summed E-state index contributed by atoms with van der Waals surface area (Å²) in [6, 6.07) is 6.47. The van der Waals surface area contributed by atoms with Gasteiger partial charge in [0, 0.05) is 12.1 Å². The van der Waals surface area contributed by atoms with Gasteiger partial charge in [-0.15, -0.1) is 0 Å². The van der Waals surface area contributed by atoms with Crippen LogP contribution in [0, 0.1) is 0 Å². The predicted molar refractivity (Wildman–Crippen MR) is 74.2 cm³/mol. The second-order valence-corrected chi connectivity index (χ2v) is 6.43. The smallest absolute Gasteiger partial charge is 0.0926 e. The van der Waals surface area contributed by atoms with Crippen LogP contribution in [0.15, 0.2) is 18.2 Å². The fourth-order valence-electron chi connectivity index (χ4n) is 3.47. The Hall–Kier alpha value is -0.280. The van der Waals surface area contributed by atoms with E-state index in [0.717, 1.165) is 18.4 Å². The summed E-state index contributed by atoms with van der Waals surface area (Å²) < 4.78 is 0. The van der Waals surface area contributed by atoms with Crippen LogP contribution < -0.4 is 0 Å². The van der Waals surface area contributed by atoms with Crippen molar-refractivity contribution in [3.05, 3.63) is 33.8 Å². The van der Waals surface area contributed by atoms with Crippen LogP contribution in [0.1, 0.15) is 31.2 Å². The summed E-state index contributed by atoms with van der Waals surface area (Å²) in [7, 11) is 2.16. The van der Waals surface area contributed by atoms with Gasteiger partial charge < -0.3 is 10.0 Å². The highest BCUT2D eigenvalue weighted by Crippen LogP contribution is 2.45. The molecule has 3 rings (SSSR count). The van der Waals surface area contributed by atoms with Crippen molar-refractivity contribution in [1.82, 2.24) is 4.90 Å². The van der Waals surface area contributed by atoms with E-state index in [4.69, 9.17) is 23.2 Å². The lowest BCUT2D eigenvalue weighted by molar-refractivity contribution is -0.0493. The second kappa shape index (κ2) is 4.38. The molecule has 98 valence electrons. The third-order valence-electron chi connectivity index (χ3n) is 4.59. The zero-order chi connectivity index (χ0) is 12.9. The number of halogens is 2. The van der Waals surface area contributed by atoms with E-state index in [0.29, 0.717) is 22.1 Å².